The second kappa shape index (κ2) is 4.99. The van der Waals surface area contributed by atoms with E-state index in [2.05, 4.69) is 10.3 Å². The molecule has 84 valence electrons. The molecular formula is C13H11N3O. The van der Waals surface area contributed by atoms with Crippen LogP contribution in [0.15, 0.2) is 42.6 Å². The van der Waals surface area contributed by atoms with Crippen LogP contribution in [0.5, 0.6) is 0 Å². The molecule has 1 amide bonds. The van der Waals surface area contributed by atoms with Gasteiger partial charge in [0.25, 0.3) is 5.91 Å². The lowest BCUT2D eigenvalue weighted by atomic mass is 10.1. The van der Waals surface area contributed by atoms with Crippen molar-refractivity contribution in [1.82, 2.24) is 10.3 Å². The van der Waals surface area contributed by atoms with Crippen LogP contribution in [0.4, 0.5) is 0 Å². The zero-order valence-electron chi connectivity index (χ0n) is 9.10. The Balaban J connectivity index is 1.94. The Morgan fingerprint density at radius 2 is 2.06 bits per heavy atom. The second-order valence-corrected chi connectivity index (χ2v) is 3.58. The average Bonchev–Trinajstić information content (AvgIpc) is 2.90. The number of carbonyl (C=O) groups is 1. The second-order valence-electron chi connectivity index (χ2n) is 3.58. The van der Waals surface area contributed by atoms with Crippen molar-refractivity contribution < 1.29 is 4.79 Å². The Morgan fingerprint density at radius 1 is 1.29 bits per heavy atom. The highest BCUT2D eigenvalue weighted by Crippen LogP contribution is 2.03. The van der Waals surface area contributed by atoms with Gasteiger partial charge in [-0.2, -0.15) is 5.26 Å². The van der Waals surface area contributed by atoms with E-state index in [-0.39, 0.29) is 5.91 Å². The normalized spacial score (nSPS) is 9.59. The van der Waals surface area contributed by atoms with Gasteiger partial charge in [0.1, 0.15) is 5.69 Å². The number of benzene rings is 1. The molecule has 2 N–H and O–H groups in total. The third-order valence-corrected chi connectivity index (χ3v) is 2.38. The fourth-order valence-corrected chi connectivity index (χ4v) is 1.45. The quantitative estimate of drug-likeness (QED) is 0.836. The van der Waals surface area contributed by atoms with Crippen LogP contribution < -0.4 is 5.32 Å². The molecule has 1 aromatic heterocycles. The number of carbonyl (C=O) groups excluding carboxylic acids is 1. The van der Waals surface area contributed by atoms with Crippen LogP contribution in [0.1, 0.15) is 21.6 Å². The maximum Gasteiger partial charge on any atom is 0.267 e. The van der Waals surface area contributed by atoms with Crippen LogP contribution in [0.2, 0.25) is 0 Å². The van der Waals surface area contributed by atoms with Gasteiger partial charge in [-0.1, -0.05) is 12.1 Å². The molecule has 4 heteroatoms. The minimum Gasteiger partial charge on any atom is -0.357 e. The van der Waals surface area contributed by atoms with Gasteiger partial charge in [-0.25, -0.2) is 0 Å². The molecule has 0 fully saturated rings. The first-order valence-electron chi connectivity index (χ1n) is 5.20. The summed E-state index contributed by atoms with van der Waals surface area (Å²) in [6.45, 7) is 0.448. The van der Waals surface area contributed by atoms with Crippen molar-refractivity contribution in [3.8, 4) is 6.07 Å². The molecular weight excluding hydrogens is 214 g/mol. The molecule has 0 saturated heterocycles. The summed E-state index contributed by atoms with van der Waals surface area (Å²) in [4.78, 5) is 14.4. The van der Waals surface area contributed by atoms with E-state index in [4.69, 9.17) is 5.26 Å². The summed E-state index contributed by atoms with van der Waals surface area (Å²) in [6.07, 6.45) is 1.70. The van der Waals surface area contributed by atoms with E-state index in [1.807, 2.05) is 18.2 Å². The summed E-state index contributed by atoms with van der Waals surface area (Å²) in [5.41, 5.74) is 2.12. The van der Waals surface area contributed by atoms with Gasteiger partial charge in [0.2, 0.25) is 0 Å². The number of H-pyrrole nitrogens is 1. The summed E-state index contributed by atoms with van der Waals surface area (Å²) < 4.78 is 0. The van der Waals surface area contributed by atoms with Gasteiger partial charge in [0, 0.05) is 12.7 Å². The molecule has 2 rings (SSSR count). The lowest BCUT2D eigenvalue weighted by Crippen LogP contribution is -2.22. The van der Waals surface area contributed by atoms with Crippen molar-refractivity contribution in [3.63, 3.8) is 0 Å². The molecule has 0 bridgehead atoms. The van der Waals surface area contributed by atoms with E-state index in [0.29, 0.717) is 17.8 Å². The van der Waals surface area contributed by atoms with Crippen LogP contribution in [0, 0.1) is 11.3 Å². The smallest absolute Gasteiger partial charge is 0.267 e. The van der Waals surface area contributed by atoms with Crippen molar-refractivity contribution in [2.45, 2.75) is 6.54 Å². The summed E-state index contributed by atoms with van der Waals surface area (Å²) in [6, 6.07) is 12.7. The number of hydrogen-bond acceptors (Lipinski definition) is 2. The molecule has 0 aliphatic carbocycles. The monoisotopic (exact) mass is 225 g/mol. The largest absolute Gasteiger partial charge is 0.357 e. The van der Waals surface area contributed by atoms with E-state index in [1.165, 1.54) is 0 Å². The molecule has 17 heavy (non-hydrogen) atoms. The third kappa shape index (κ3) is 2.73. The van der Waals surface area contributed by atoms with Crippen molar-refractivity contribution in [3.05, 3.63) is 59.4 Å². The maximum atomic E-state index is 11.6. The molecule has 0 spiro atoms. The maximum absolute atomic E-state index is 11.6. The molecule has 1 heterocycles. The van der Waals surface area contributed by atoms with Crippen LogP contribution >= 0.6 is 0 Å². The van der Waals surface area contributed by atoms with Gasteiger partial charge >= 0.3 is 0 Å². The van der Waals surface area contributed by atoms with Gasteiger partial charge < -0.3 is 10.3 Å². The Bertz CT molecular complexity index is 535. The summed E-state index contributed by atoms with van der Waals surface area (Å²) in [7, 11) is 0. The molecule has 1 aromatic carbocycles. The minimum atomic E-state index is -0.139. The van der Waals surface area contributed by atoms with Gasteiger partial charge in [-0.3, -0.25) is 4.79 Å². The molecule has 0 atom stereocenters. The number of aromatic nitrogens is 1. The van der Waals surface area contributed by atoms with E-state index < -0.39 is 0 Å². The number of nitrogens with zero attached hydrogens (tertiary/aromatic N) is 1. The summed E-state index contributed by atoms with van der Waals surface area (Å²) in [5, 5.41) is 11.4. The molecule has 0 radical (unpaired) electrons. The molecule has 2 aromatic rings. The molecule has 4 nitrogen and oxygen atoms in total. The predicted octanol–water partition coefficient (Wildman–Crippen LogP) is 1.82. The SMILES string of the molecule is N#Cc1ccc(CNC(=O)c2ccc[nH]2)cc1. The molecule has 0 saturated carbocycles. The van der Waals surface area contributed by atoms with Gasteiger partial charge in [0.05, 0.1) is 11.6 Å². The molecule has 0 unspecified atom stereocenters. The Kier molecular flexibility index (Phi) is 3.22. The first-order chi connectivity index (χ1) is 8.29. The van der Waals surface area contributed by atoms with E-state index in [9.17, 15) is 4.79 Å². The van der Waals surface area contributed by atoms with Crippen LogP contribution in [0.3, 0.4) is 0 Å². The number of amides is 1. The van der Waals surface area contributed by atoms with E-state index in [0.717, 1.165) is 5.56 Å². The van der Waals surface area contributed by atoms with E-state index in [1.54, 1.807) is 30.5 Å². The lowest BCUT2D eigenvalue weighted by molar-refractivity contribution is 0.0946. The standard InChI is InChI=1S/C13H11N3O/c14-8-10-3-5-11(6-4-10)9-16-13(17)12-2-1-7-15-12/h1-7,15H,9H2,(H,16,17). The lowest BCUT2D eigenvalue weighted by Gasteiger charge is -2.03. The topological polar surface area (TPSA) is 68.7 Å². The highest BCUT2D eigenvalue weighted by molar-refractivity contribution is 5.92. The number of aromatic amines is 1. The summed E-state index contributed by atoms with van der Waals surface area (Å²) in [5.74, 6) is -0.139. The van der Waals surface area contributed by atoms with Gasteiger partial charge in [-0.15, -0.1) is 0 Å². The molecule has 0 aliphatic heterocycles. The highest BCUT2D eigenvalue weighted by Gasteiger charge is 2.04. The zero-order valence-corrected chi connectivity index (χ0v) is 9.10. The third-order valence-electron chi connectivity index (χ3n) is 2.38. The Hall–Kier alpha value is -2.54. The van der Waals surface area contributed by atoms with Crippen molar-refractivity contribution in [2.24, 2.45) is 0 Å². The van der Waals surface area contributed by atoms with Crippen LogP contribution in [0.25, 0.3) is 0 Å². The predicted molar refractivity (Wildman–Crippen MR) is 63.1 cm³/mol. The van der Waals surface area contributed by atoms with E-state index >= 15 is 0 Å². The fraction of sp³-hybridized carbons (Fsp3) is 0.0769. The minimum absolute atomic E-state index is 0.139. The Morgan fingerprint density at radius 3 is 2.65 bits per heavy atom. The Labute approximate surface area is 98.9 Å². The highest BCUT2D eigenvalue weighted by atomic mass is 16.1. The van der Waals surface area contributed by atoms with Crippen LogP contribution in [-0.4, -0.2) is 10.9 Å². The summed E-state index contributed by atoms with van der Waals surface area (Å²) >= 11 is 0. The van der Waals surface area contributed by atoms with Crippen molar-refractivity contribution in [2.75, 3.05) is 0 Å². The first kappa shape index (κ1) is 11.0. The number of nitrogens with one attached hydrogen (secondary N) is 2. The average molecular weight is 225 g/mol. The first-order valence-corrected chi connectivity index (χ1v) is 5.20. The fourth-order valence-electron chi connectivity index (χ4n) is 1.45. The number of hydrogen-bond donors (Lipinski definition) is 2. The van der Waals surface area contributed by atoms with Gasteiger partial charge in [0.15, 0.2) is 0 Å². The number of nitriles is 1. The number of rotatable bonds is 3. The van der Waals surface area contributed by atoms with Crippen molar-refractivity contribution in [1.29, 1.82) is 5.26 Å². The van der Waals surface area contributed by atoms with Gasteiger partial charge in [-0.05, 0) is 29.8 Å². The van der Waals surface area contributed by atoms with Crippen molar-refractivity contribution >= 4 is 5.91 Å². The molecule has 0 aliphatic rings. The van der Waals surface area contributed by atoms with Crippen LogP contribution in [-0.2, 0) is 6.54 Å². The zero-order chi connectivity index (χ0) is 12.1.